The van der Waals surface area contributed by atoms with Crippen LogP contribution in [-0.2, 0) is 14.3 Å². The van der Waals surface area contributed by atoms with Crippen molar-refractivity contribution < 1.29 is 19.1 Å². The lowest BCUT2D eigenvalue weighted by atomic mass is 10.2. The number of nitrogens with one attached hydrogen (secondary N) is 1. The summed E-state index contributed by atoms with van der Waals surface area (Å²) in [5.41, 5.74) is -0.614. The van der Waals surface area contributed by atoms with Crippen LogP contribution in [-0.4, -0.2) is 77.5 Å². The van der Waals surface area contributed by atoms with E-state index in [-0.39, 0.29) is 18.4 Å². The SMILES string of the molecule is C[C@H](NC(=O)CN(C)C(=O)OC(C)(C)C)C(=O)N1CCSCC1. The van der Waals surface area contributed by atoms with Gasteiger partial charge in [-0.25, -0.2) is 4.79 Å². The summed E-state index contributed by atoms with van der Waals surface area (Å²) in [5.74, 6) is 1.38. The molecular weight excluding hydrogens is 318 g/mol. The van der Waals surface area contributed by atoms with Gasteiger partial charge in [0.15, 0.2) is 0 Å². The molecule has 1 saturated heterocycles. The molecule has 23 heavy (non-hydrogen) atoms. The smallest absolute Gasteiger partial charge is 0.410 e. The zero-order valence-electron chi connectivity index (χ0n) is 14.5. The summed E-state index contributed by atoms with van der Waals surface area (Å²) in [6, 6.07) is -0.599. The van der Waals surface area contributed by atoms with Crippen LogP contribution in [0.5, 0.6) is 0 Å². The van der Waals surface area contributed by atoms with E-state index in [0.29, 0.717) is 13.1 Å². The fourth-order valence-electron chi connectivity index (χ4n) is 2.03. The van der Waals surface area contributed by atoms with Crippen molar-refractivity contribution in [3.63, 3.8) is 0 Å². The van der Waals surface area contributed by atoms with Crippen molar-refractivity contribution in [2.24, 2.45) is 0 Å². The van der Waals surface area contributed by atoms with Gasteiger partial charge in [0, 0.05) is 31.6 Å². The van der Waals surface area contributed by atoms with Gasteiger partial charge in [0.25, 0.3) is 0 Å². The van der Waals surface area contributed by atoms with Crippen LogP contribution >= 0.6 is 11.8 Å². The van der Waals surface area contributed by atoms with E-state index in [0.717, 1.165) is 11.5 Å². The highest BCUT2D eigenvalue weighted by atomic mass is 32.2. The minimum absolute atomic E-state index is 0.0847. The summed E-state index contributed by atoms with van der Waals surface area (Å²) >= 11 is 1.82. The lowest BCUT2D eigenvalue weighted by Gasteiger charge is -2.29. The van der Waals surface area contributed by atoms with E-state index in [1.807, 2.05) is 11.8 Å². The summed E-state index contributed by atoms with van der Waals surface area (Å²) < 4.78 is 5.18. The maximum Gasteiger partial charge on any atom is 0.410 e. The second-order valence-electron chi connectivity index (χ2n) is 6.56. The number of rotatable bonds is 4. The highest BCUT2D eigenvalue weighted by Gasteiger charge is 2.25. The second-order valence-corrected chi connectivity index (χ2v) is 7.79. The predicted molar refractivity (Wildman–Crippen MR) is 90.4 cm³/mol. The first kappa shape index (κ1) is 19.6. The van der Waals surface area contributed by atoms with Crippen LogP contribution in [0.2, 0.25) is 0 Å². The quantitative estimate of drug-likeness (QED) is 0.820. The third-order valence-corrected chi connectivity index (χ3v) is 4.10. The Bertz CT molecular complexity index is 444. The molecule has 3 amide bonds. The van der Waals surface area contributed by atoms with Gasteiger partial charge in [-0.1, -0.05) is 0 Å². The van der Waals surface area contributed by atoms with E-state index in [1.165, 1.54) is 11.9 Å². The molecule has 0 saturated carbocycles. The lowest BCUT2D eigenvalue weighted by Crippen LogP contribution is -2.51. The molecule has 1 N–H and O–H groups in total. The van der Waals surface area contributed by atoms with Gasteiger partial charge in [0.1, 0.15) is 18.2 Å². The Balaban J connectivity index is 2.42. The number of carbonyl (C=O) groups is 3. The summed E-state index contributed by atoms with van der Waals surface area (Å²) in [7, 11) is 1.49. The van der Waals surface area contributed by atoms with E-state index in [2.05, 4.69) is 5.32 Å². The first-order chi connectivity index (χ1) is 10.6. The Labute approximate surface area is 142 Å². The standard InChI is InChI=1S/C15H27N3O4S/c1-11(13(20)18-6-8-23-9-7-18)16-12(19)10-17(5)14(21)22-15(2,3)4/h11H,6-10H2,1-5H3,(H,16,19)/t11-/m0/s1. The van der Waals surface area contributed by atoms with Crippen molar-refractivity contribution >= 4 is 29.7 Å². The molecule has 1 atom stereocenters. The summed E-state index contributed by atoms with van der Waals surface area (Å²) in [6.45, 7) is 8.21. The molecule has 0 radical (unpaired) electrons. The Hall–Kier alpha value is -1.44. The lowest BCUT2D eigenvalue weighted by molar-refractivity contribution is -0.135. The number of likely N-dealkylation sites (N-methyl/N-ethyl adjacent to an activating group) is 1. The highest BCUT2D eigenvalue weighted by molar-refractivity contribution is 7.99. The number of hydrogen-bond donors (Lipinski definition) is 1. The van der Waals surface area contributed by atoms with Crippen molar-refractivity contribution in [3.05, 3.63) is 0 Å². The van der Waals surface area contributed by atoms with Gasteiger partial charge < -0.3 is 19.9 Å². The molecule has 132 valence electrons. The highest BCUT2D eigenvalue weighted by Crippen LogP contribution is 2.11. The molecule has 1 heterocycles. The summed E-state index contributed by atoms with van der Waals surface area (Å²) in [4.78, 5) is 39.0. The molecular formula is C15H27N3O4S. The molecule has 0 aromatic rings. The van der Waals surface area contributed by atoms with Crippen molar-refractivity contribution in [1.29, 1.82) is 0 Å². The molecule has 7 nitrogen and oxygen atoms in total. The number of thioether (sulfide) groups is 1. The molecule has 1 rings (SSSR count). The maximum absolute atomic E-state index is 12.2. The number of nitrogens with zero attached hydrogens (tertiary/aromatic N) is 2. The minimum Gasteiger partial charge on any atom is -0.444 e. The fraction of sp³-hybridized carbons (Fsp3) is 0.800. The van der Waals surface area contributed by atoms with E-state index in [4.69, 9.17) is 4.74 Å². The van der Waals surface area contributed by atoms with Gasteiger partial charge in [-0.05, 0) is 27.7 Å². The molecule has 0 bridgehead atoms. The zero-order valence-corrected chi connectivity index (χ0v) is 15.4. The van der Waals surface area contributed by atoms with Crippen LogP contribution in [0.25, 0.3) is 0 Å². The third-order valence-electron chi connectivity index (χ3n) is 3.16. The molecule has 0 aromatic heterocycles. The van der Waals surface area contributed by atoms with Crippen LogP contribution in [0.4, 0.5) is 4.79 Å². The van der Waals surface area contributed by atoms with Crippen LogP contribution in [0.3, 0.4) is 0 Å². The van der Waals surface area contributed by atoms with Crippen LogP contribution in [0.15, 0.2) is 0 Å². The molecule has 1 aliphatic heterocycles. The summed E-state index contributed by atoms with van der Waals surface area (Å²) in [6.07, 6.45) is -0.570. The molecule has 0 aliphatic carbocycles. The van der Waals surface area contributed by atoms with E-state index < -0.39 is 17.7 Å². The van der Waals surface area contributed by atoms with E-state index in [9.17, 15) is 14.4 Å². The fourth-order valence-corrected chi connectivity index (χ4v) is 2.93. The first-order valence-electron chi connectivity index (χ1n) is 7.70. The molecule has 1 aliphatic rings. The average Bonchev–Trinajstić information content (AvgIpc) is 2.45. The molecule has 8 heteroatoms. The van der Waals surface area contributed by atoms with Gasteiger partial charge >= 0.3 is 6.09 Å². The topological polar surface area (TPSA) is 79.0 Å². The van der Waals surface area contributed by atoms with Crippen LogP contribution in [0.1, 0.15) is 27.7 Å². The molecule has 1 fully saturated rings. The summed E-state index contributed by atoms with van der Waals surface area (Å²) in [5, 5.41) is 2.64. The Morgan fingerprint density at radius 1 is 1.26 bits per heavy atom. The monoisotopic (exact) mass is 345 g/mol. The molecule has 0 unspecified atom stereocenters. The maximum atomic E-state index is 12.2. The third kappa shape index (κ3) is 7.11. The second kappa shape index (κ2) is 8.42. The van der Waals surface area contributed by atoms with Crippen molar-refractivity contribution in [2.45, 2.75) is 39.3 Å². The Morgan fingerprint density at radius 3 is 2.35 bits per heavy atom. The minimum atomic E-state index is -0.614. The molecule has 0 aromatic carbocycles. The van der Waals surface area contributed by atoms with E-state index >= 15 is 0 Å². The van der Waals surface area contributed by atoms with Crippen LogP contribution in [0, 0.1) is 0 Å². The van der Waals surface area contributed by atoms with E-state index in [1.54, 1.807) is 32.6 Å². The van der Waals surface area contributed by atoms with Crippen molar-refractivity contribution in [1.82, 2.24) is 15.1 Å². The number of amides is 3. The largest absolute Gasteiger partial charge is 0.444 e. The number of ether oxygens (including phenoxy) is 1. The average molecular weight is 345 g/mol. The first-order valence-corrected chi connectivity index (χ1v) is 8.85. The van der Waals surface area contributed by atoms with Crippen molar-refractivity contribution in [3.8, 4) is 0 Å². The zero-order chi connectivity index (χ0) is 17.6. The van der Waals surface area contributed by atoms with Crippen LogP contribution < -0.4 is 5.32 Å². The van der Waals surface area contributed by atoms with Gasteiger partial charge in [-0.3, -0.25) is 9.59 Å². The van der Waals surface area contributed by atoms with Gasteiger partial charge in [0.05, 0.1) is 0 Å². The number of carbonyl (C=O) groups excluding carboxylic acids is 3. The Morgan fingerprint density at radius 2 is 1.83 bits per heavy atom. The molecule has 0 spiro atoms. The normalized spacial score (nSPS) is 16.5. The van der Waals surface area contributed by atoms with Crippen molar-refractivity contribution in [2.75, 3.05) is 38.2 Å². The predicted octanol–water partition coefficient (Wildman–Crippen LogP) is 0.933. The van der Waals surface area contributed by atoms with Gasteiger partial charge in [0.2, 0.25) is 11.8 Å². The number of hydrogen-bond acceptors (Lipinski definition) is 5. The van der Waals surface area contributed by atoms with Gasteiger partial charge in [-0.2, -0.15) is 11.8 Å². The Kier molecular flexibility index (Phi) is 7.18. The van der Waals surface area contributed by atoms with Gasteiger partial charge in [-0.15, -0.1) is 0 Å².